The molecule has 1 aromatic carbocycles. The van der Waals surface area contributed by atoms with Gasteiger partial charge in [-0.05, 0) is 30.5 Å². The number of esters is 1. The Kier molecular flexibility index (Phi) is 5.75. The van der Waals surface area contributed by atoms with Crippen molar-refractivity contribution in [1.29, 1.82) is 0 Å². The Morgan fingerprint density at radius 2 is 2.18 bits per heavy atom. The van der Waals surface area contributed by atoms with Crippen LogP contribution in [0.5, 0.6) is 0 Å². The molecule has 0 amide bonds. The maximum Gasteiger partial charge on any atom is 0.337 e. The monoisotopic (exact) mass is 294 g/mol. The quantitative estimate of drug-likeness (QED) is 0.469. The number of rotatable bonds is 5. The predicted octanol–water partition coefficient (Wildman–Crippen LogP) is 3.82. The van der Waals surface area contributed by atoms with Crippen LogP contribution in [0.4, 0.5) is 0 Å². The summed E-state index contributed by atoms with van der Waals surface area (Å²) in [7, 11) is 1.38. The van der Waals surface area contributed by atoms with Crippen LogP contribution in [-0.2, 0) is 4.74 Å². The second-order valence-electron chi connectivity index (χ2n) is 3.52. The van der Waals surface area contributed by atoms with E-state index in [9.17, 15) is 4.79 Å². The van der Waals surface area contributed by atoms with E-state index < -0.39 is 0 Å². The van der Waals surface area contributed by atoms with E-state index in [1.165, 1.54) is 7.11 Å². The van der Waals surface area contributed by atoms with E-state index in [1.54, 1.807) is 6.07 Å². The third-order valence-electron chi connectivity index (χ3n) is 2.41. The van der Waals surface area contributed by atoms with Gasteiger partial charge in [0.25, 0.3) is 0 Å². The van der Waals surface area contributed by atoms with Gasteiger partial charge in [0.2, 0.25) is 0 Å². The Balaban J connectivity index is 2.97. The molecule has 0 unspecified atom stereocenters. The summed E-state index contributed by atoms with van der Waals surface area (Å²) in [6.07, 6.45) is 1.90. The summed E-state index contributed by atoms with van der Waals surface area (Å²) in [5.41, 5.74) is 5.48. The van der Waals surface area contributed by atoms with Gasteiger partial charge in [0, 0.05) is 10.9 Å². The van der Waals surface area contributed by atoms with Gasteiger partial charge in [0.05, 0.1) is 12.7 Å². The van der Waals surface area contributed by atoms with E-state index in [1.807, 2.05) is 18.2 Å². The highest BCUT2D eigenvalue weighted by Crippen LogP contribution is 2.20. The number of allylic oxidation sites excluding steroid dienone is 1. The van der Waals surface area contributed by atoms with Crippen molar-refractivity contribution in [1.82, 2.24) is 0 Å². The van der Waals surface area contributed by atoms with Crippen molar-refractivity contribution < 1.29 is 9.53 Å². The van der Waals surface area contributed by atoms with Crippen LogP contribution in [0.1, 0.15) is 28.8 Å². The van der Waals surface area contributed by atoms with Crippen molar-refractivity contribution in [3.05, 3.63) is 47.7 Å². The maximum absolute atomic E-state index is 11.4. The minimum Gasteiger partial charge on any atom is -0.465 e. The number of benzene rings is 1. The van der Waals surface area contributed by atoms with Crippen LogP contribution >= 0.6 is 15.9 Å². The van der Waals surface area contributed by atoms with Gasteiger partial charge in [-0.15, -0.1) is 5.73 Å². The van der Waals surface area contributed by atoms with Crippen LogP contribution in [0.2, 0.25) is 0 Å². The summed E-state index contributed by atoms with van der Waals surface area (Å²) in [5, 5.41) is 0.939. The molecule has 2 nitrogen and oxygen atoms in total. The first kappa shape index (κ1) is 13.8. The number of hydrogen-bond acceptors (Lipinski definition) is 2. The van der Waals surface area contributed by atoms with Crippen LogP contribution in [0.3, 0.4) is 0 Å². The van der Waals surface area contributed by atoms with Gasteiger partial charge in [-0.25, -0.2) is 4.79 Å². The molecule has 0 aliphatic carbocycles. The number of alkyl halides is 1. The Morgan fingerprint density at radius 1 is 1.47 bits per heavy atom. The van der Waals surface area contributed by atoms with Crippen LogP contribution < -0.4 is 0 Å². The molecular formula is C14H15BrO2. The fraction of sp³-hybridized carbons (Fsp3) is 0.286. The Morgan fingerprint density at radius 3 is 2.76 bits per heavy atom. The normalized spacial score (nSPS) is 9.53. The standard InChI is InChI=1S/C14H15BrO2/c1-3-11(8-5-9-15)12-6-4-7-13(10-12)14(16)17-2/h4,6-7,10H,1,5,8-9H2,2H3. The lowest BCUT2D eigenvalue weighted by Crippen LogP contribution is -2.01. The topological polar surface area (TPSA) is 26.3 Å². The molecule has 0 aromatic heterocycles. The van der Waals surface area contributed by atoms with Gasteiger partial charge in [-0.2, -0.15) is 0 Å². The van der Waals surface area contributed by atoms with Crippen LogP contribution in [0.25, 0.3) is 5.57 Å². The van der Waals surface area contributed by atoms with Crippen LogP contribution in [0.15, 0.2) is 36.6 Å². The van der Waals surface area contributed by atoms with Crippen LogP contribution in [0, 0.1) is 0 Å². The van der Waals surface area contributed by atoms with E-state index in [0.29, 0.717) is 5.56 Å². The summed E-state index contributed by atoms with van der Waals surface area (Å²) < 4.78 is 4.69. The summed E-state index contributed by atoms with van der Waals surface area (Å²) >= 11 is 3.39. The lowest BCUT2D eigenvalue weighted by atomic mass is 10.0. The van der Waals surface area contributed by atoms with E-state index >= 15 is 0 Å². The van der Waals surface area contributed by atoms with Gasteiger partial charge in [0.15, 0.2) is 0 Å². The number of carbonyl (C=O) groups is 1. The molecule has 90 valence electrons. The molecule has 1 rings (SSSR count). The molecule has 3 heteroatoms. The molecule has 0 heterocycles. The van der Waals surface area contributed by atoms with Gasteiger partial charge in [-0.3, -0.25) is 0 Å². The maximum atomic E-state index is 11.4. The molecule has 0 bridgehead atoms. The third kappa shape index (κ3) is 3.88. The summed E-state index contributed by atoms with van der Waals surface area (Å²) in [6, 6.07) is 7.34. The van der Waals surface area contributed by atoms with Crippen molar-refractivity contribution in [2.24, 2.45) is 0 Å². The molecule has 17 heavy (non-hydrogen) atoms. The molecular weight excluding hydrogens is 280 g/mol. The van der Waals surface area contributed by atoms with Crippen molar-refractivity contribution in [3.63, 3.8) is 0 Å². The summed E-state index contributed by atoms with van der Waals surface area (Å²) in [4.78, 5) is 11.4. The number of methoxy groups -OCH3 is 1. The van der Waals surface area contributed by atoms with Crippen molar-refractivity contribution in [2.45, 2.75) is 12.8 Å². The molecule has 0 aliphatic heterocycles. The minimum atomic E-state index is -0.323. The largest absolute Gasteiger partial charge is 0.465 e. The number of ether oxygens (including phenoxy) is 1. The molecule has 0 aliphatic rings. The van der Waals surface area contributed by atoms with Crippen molar-refractivity contribution in [2.75, 3.05) is 12.4 Å². The molecule has 0 fully saturated rings. The number of halogens is 1. The Labute approximate surface area is 110 Å². The first-order chi connectivity index (χ1) is 8.22. The van der Waals surface area contributed by atoms with E-state index in [2.05, 4.69) is 28.2 Å². The predicted molar refractivity (Wildman–Crippen MR) is 73.4 cm³/mol. The smallest absolute Gasteiger partial charge is 0.337 e. The molecule has 0 saturated heterocycles. The summed E-state index contributed by atoms with van der Waals surface area (Å²) in [5.74, 6) is -0.323. The average molecular weight is 295 g/mol. The van der Waals surface area contributed by atoms with E-state index in [-0.39, 0.29) is 5.97 Å². The van der Waals surface area contributed by atoms with Crippen LogP contribution in [-0.4, -0.2) is 18.4 Å². The average Bonchev–Trinajstić information content (AvgIpc) is 2.39. The fourth-order valence-corrected chi connectivity index (χ4v) is 1.81. The first-order valence-corrected chi connectivity index (χ1v) is 6.48. The third-order valence-corrected chi connectivity index (χ3v) is 2.97. The van der Waals surface area contributed by atoms with E-state index in [0.717, 1.165) is 29.3 Å². The Hall–Kier alpha value is -1.31. The number of carbonyl (C=O) groups excluding carboxylic acids is 1. The zero-order valence-electron chi connectivity index (χ0n) is 9.83. The van der Waals surface area contributed by atoms with Gasteiger partial charge in [0.1, 0.15) is 0 Å². The molecule has 0 radical (unpaired) electrons. The fourth-order valence-electron chi connectivity index (χ4n) is 1.53. The van der Waals surface area contributed by atoms with Gasteiger partial charge >= 0.3 is 5.97 Å². The highest BCUT2D eigenvalue weighted by Gasteiger charge is 2.07. The van der Waals surface area contributed by atoms with Crippen molar-refractivity contribution in [3.8, 4) is 0 Å². The molecule has 0 N–H and O–H groups in total. The highest BCUT2D eigenvalue weighted by molar-refractivity contribution is 9.09. The molecule has 0 spiro atoms. The summed E-state index contributed by atoms with van der Waals surface area (Å²) in [6.45, 7) is 3.69. The zero-order chi connectivity index (χ0) is 12.7. The molecule has 1 aromatic rings. The lowest BCUT2D eigenvalue weighted by molar-refractivity contribution is 0.0600. The van der Waals surface area contributed by atoms with Gasteiger partial charge < -0.3 is 4.74 Å². The van der Waals surface area contributed by atoms with Gasteiger partial charge in [-0.1, -0.05) is 34.6 Å². The molecule has 0 atom stereocenters. The SMILES string of the molecule is C=C=C(CCCBr)c1cccc(C(=O)OC)c1. The second kappa shape index (κ2) is 7.10. The number of hydrogen-bond donors (Lipinski definition) is 0. The zero-order valence-corrected chi connectivity index (χ0v) is 11.4. The lowest BCUT2D eigenvalue weighted by Gasteiger charge is -2.06. The first-order valence-electron chi connectivity index (χ1n) is 5.36. The van der Waals surface area contributed by atoms with Crippen molar-refractivity contribution >= 4 is 27.5 Å². The highest BCUT2D eigenvalue weighted by atomic mass is 79.9. The second-order valence-corrected chi connectivity index (χ2v) is 4.31. The Bertz CT molecular complexity index is 445. The van der Waals surface area contributed by atoms with E-state index in [4.69, 9.17) is 4.74 Å². The molecule has 0 saturated carbocycles. The minimum absolute atomic E-state index is 0.323.